The predicted molar refractivity (Wildman–Crippen MR) is 72.0 cm³/mol. The lowest BCUT2D eigenvalue weighted by Gasteiger charge is -2.23. The smallest absolute Gasteiger partial charge is 0.245 e. The van der Waals surface area contributed by atoms with E-state index in [1.807, 2.05) is 0 Å². The first-order valence-electron chi connectivity index (χ1n) is 6.21. The number of aromatic nitrogens is 1. The standard InChI is InChI=1S/C12H17N3O3S/c1-9(16)15(7-10-3-2-5-18-10)8-11(17)14-12-13-4-6-19-12/h4,6,10H,2-3,5,7-8H2,1H3,(H,13,14,17)/t10-/m0/s1. The molecule has 19 heavy (non-hydrogen) atoms. The third-order valence-corrected chi connectivity index (χ3v) is 3.60. The van der Waals surface area contributed by atoms with Crippen LogP contribution in [-0.4, -0.2) is 47.5 Å². The molecule has 1 fully saturated rings. The monoisotopic (exact) mass is 283 g/mol. The molecule has 7 heteroatoms. The van der Waals surface area contributed by atoms with E-state index < -0.39 is 0 Å². The minimum atomic E-state index is -0.233. The molecule has 0 radical (unpaired) electrons. The van der Waals surface area contributed by atoms with Gasteiger partial charge in [-0.1, -0.05) is 0 Å². The van der Waals surface area contributed by atoms with Gasteiger partial charge < -0.3 is 15.0 Å². The van der Waals surface area contributed by atoms with Crippen LogP contribution in [0, 0.1) is 0 Å². The summed E-state index contributed by atoms with van der Waals surface area (Å²) in [5, 5.41) is 5.00. The van der Waals surface area contributed by atoms with Crippen molar-refractivity contribution in [3.63, 3.8) is 0 Å². The second-order valence-electron chi connectivity index (χ2n) is 4.42. The van der Waals surface area contributed by atoms with Gasteiger partial charge in [-0.15, -0.1) is 11.3 Å². The van der Waals surface area contributed by atoms with Crippen LogP contribution in [0.4, 0.5) is 5.13 Å². The predicted octanol–water partition coefficient (Wildman–Crippen LogP) is 1.11. The van der Waals surface area contributed by atoms with Crippen LogP contribution in [0.1, 0.15) is 19.8 Å². The van der Waals surface area contributed by atoms with Crippen molar-refractivity contribution in [2.75, 3.05) is 25.0 Å². The van der Waals surface area contributed by atoms with Gasteiger partial charge in [-0.05, 0) is 12.8 Å². The van der Waals surface area contributed by atoms with E-state index in [1.165, 1.54) is 23.2 Å². The van der Waals surface area contributed by atoms with E-state index in [0.717, 1.165) is 19.4 Å². The van der Waals surface area contributed by atoms with E-state index in [-0.39, 0.29) is 24.5 Å². The highest BCUT2D eigenvalue weighted by atomic mass is 32.1. The Bertz CT molecular complexity index is 429. The fraction of sp³-hybridized carbons (Fsp3) is 0.583. The molecule has 2 amide bonds. The average molecular weight is 283 g/mol. The van der Waals surface area contributed by atoms with Crippen molar-refractivity contribution in [2.24, 2.45) is 0 Å². The number of rotatable bonds is 5. The molecule has 1 atom stereocenters. The fourth-order valence-corrected chi connectivity index (χ4v) is 2.50. The third kappa shape index (κ3) is 4.29. The summed E-state index contributed by atoms with van der Waals surface area (Å²) >= 11 is 1.35. The number of carbonyl (C=O) groups excluding carboxylic acids is 2. The highest BCUT2D eigenvalue weighted by Crippen LogP contribution is 2.14. The Kier molecular flexibility index (Phi) is 4.86. The molecule has 1 aromatic heterocycles. The van der Waals surface area contributed by atoms with Crippen molar-refractivity contribution >= 4 is 28.3 Å². The molecule has 1 saturated heterocycles. The van der Waals surface area contributed by atoms with Crippen LogP contribution in [0.2, 0.25) is 0 Å². The fourth-order valence-electron chi connectivity index (χ4n) is 1.96. The first-order chi connectivity index (χ1) is 9.15. The zero-order valence-electron chi connectivity index (χ0n) is 10.8. The van der Waals surface area contributed by atoms with Crippen molar-refractivity contribution in [1.82, 2.24) is 9.88 Å². The van der Waals surface area contributed by atoms with Gasteiger partial charge in [0.15, 0.2) is 5.13 Å². The van der Waals surface area contributed by atoms with Crippen molar-refractivity contribution in [2.45, 2.75) is 25.9 Å². The van der Waals surface area contributed by atoms with Crippen molar-refractivity contribution in [1.29, 1.82) is 0 Å². The molecule has 2 heterocycles. The number of nitrogens with zero attached hydrogens (tertiary/aromatic N) is 2. The molecule has 1 aromatic rings. The molecule has 0 spiro atoms. The summed E-state index contributed by atoms with van der Waals surface area (Å²) in [5.74, 6) is -0.354. The van der Waals surface area contributed by atoms with E-state index in [9.17, 15) is 9.59 Å². The molecule has 0 aliphatic carbocycles. The number of thiazole rings is 1. The van der Waals surface area contributed by atoms with Gasteiger partial charge in [0.2, 0.25) is 11.8 Å². The Labute approximate surface area is 115 Å². The lowest BCUT2D eigenvalue weighted by molar-refractivity contribution is -0.134. The Morgan fingerprint density at radius 3 is 3.05 bits per heavy atom. The van der Waals surface area contributed by atoms with Gasteiger partial charge >= 0.3 is 0 Å². The summed E-state index contributed by atoms with van der Waals surface area (Å²) in [7, 11) is 0. The summed E-state index contributed by atoms with van der Waals surface area (Å²) in [4.78, 5) is 28.8. The molecule has 1 aliphatic rings. The van der Waals surface area contributed by atoms with Gasteiger partial charge in [-0.25, -0.2) is 4.98 Å². The molecule has 1 N–H and O–H groups in total. The summed E-state index contributed by atoms with van der Waals surface area (Å²) in [6.45, 7) is 2.71. The molecule has 0 aromatic carbocycles. The van der Waals surface area contributed by atoms with Crippen molar-refractivity contribution in [3.8, 4) is 0 Å². The molecule has 2 rings (SSSR count). The quantitative estimate of drug-likeness (QED) is 0.878. The number of carbonyl (C=O) groups is 2. The molecule has 0 bridgehead atoms. The van der Waals surface area contributed by atoms with Gasteiger partial charge in [-0.3, -0.25) is 9.59 Å². The van der Waals surface area contributed by atoms with Crippen LogP contribution in [0.3, 0.4) is 0 Å². The number of anilines is 1. The van der Waals surface area contributed by atoms with Crippen LogP contribution in [-0.2, 0) is 14.3 Å². The van der Waals surface area contributed by atoms with Crippen molar-refractivity contribution in [3.05, 3.63) is 11.6 Å². The van der Waals surface area contributed by atoms with Crippen LogP contribution in [0.15, 0.2) is 11.6 Å². The zero-order chi connectivity index (χ0) is 13.7. The molecular weight excluding hydrogens is 266 g/mol. The van der Waals surface area contributed by atoms with E-state index >= 15 is 0 Å². The van der Waals surface area contributed by atoms with E-state index in [2.05, 4.69) is 10.3 Å². The maximum Gasteiger partial charge on any atom is 0.245 e. The molecule has 0 saturated carbocycles. The maximum absolute atomic E-state index is 11.8. The van der Waals surface area contributed by atoms with E-state index in [1.54, 1.807) is 11.6 Å². The Balaban J connectivity index is 1.85. The molecule has 1 aliphatic heterocycles. The second-order valence-corrected chi connectivity index (χ2v) is 5.31. The Morgan fingerprint density at radius 2 is 2.47 bits per heavy atom. The molecule has 104 valence electrons. The van der Waals surface area contributed by atoms with E-state index in [0.29, 0.717) is 11.7 Å². The molecular formula is C12H17N3O3S. The molecule has 6 nitrogen and oxygen atoms in total. The van der Waals surface area contributed by atoms with Crippen molar-refractivity contribution < 1.29 is 14.3 Å². The van der Waals surface area contributed by atoms with Crippen LogP contribution >= 0.6 is 11.3 Å². The van der Waals surface area contributed by atoms with Gasteiger partial charge in [0.25, 0.3) is 0 Å². The Hall–Kier alpha value is -1.47. The number of hydrogen-bond acceptors (Lipinski definition) is 5. The lowest BCUT2D eigenvalue weighted by atomic mass is 10.2. The topological polar surface area (TPSA) is 71.5 Å². The number of amides is 2. The summed E-state index contributed by atoms with van der Waals surface area (Å²) in [6.07, 6.45) is 3.63. The summed E-state index contributed by atoms with van der Waals surface area (Å²) in [5.41, 5.74) is 0. The summed E-state index contributed by atoms with van der Waals surface area (Å²) in [6, 6.07) is 0. The first-order valence-corrected chi connectivity index (χ1v) is 7.09. The minimum absolute atomic E-state index is 0.0365. The van der Waals surface area contributed by atoms with Crippen LogP contribution in [0.25, 0.3) is 0 Å². The van der Waals surface area contributed by atoms with Gasteiger partial charge in [0.1, 0.15) is 6.54 Å². The highest BCUT2D eigenvalue weighted by molar-refractivity contribution is 7.13. The minimum Gasteiger partial charge on any atom is -0.376 e. The zero-order valence-corrected chi connectivity index (χ0v) is 11.6. The third-order valence-electron chi connectivity index (χ3n) is 2.91. The van der Waals surface area contributed by atoms with Gasteiger partial charge in [0.05, 0.1) is 6.10 Å². The lowest BCUT2D eigenvalue weighted by Crippen LogP contribution is -2.41. The summed E-state index contributed by atoms with van der Waals surface area (Å²) < 4.78 is 5.49. The van der Waals surface area contributed by atoms with Crippen LogP contribution in [0.5, 0.6) is 0 Å². The number of ether oxygens (including phenoxy) is 1. The number of hydrogen-bond donors (Lipinski definition) is 1. The first kappa shape index (κ1) is 14.0. The van der Waals surface area contributed by atoms with Gasteiger partial charge in [0, 0.05) is 31.7 Å². The molecule has 0 unspecified atom stereocenters. The largest absolute Gasteiger partial charge is 0.376 e. The maximum atomic E-state index is 11.8. The van der Waals surface area contributed by atoms with E-state index in [4.69, 9.17) is 4.74 Å². The SMILES string of the molecule is CC(=O)N(CC(=O)Nc1nccs1)C[C@@H]1CCCO1. The number of nitrogens with one attached hydrogen (secondary N) is 1. The normalized spacial score (nSPS) is 18.3. The average Bonchev–Trinajstić information content (AvgIpc) is 3.00. The van der Waals surface area contributed by atoms with Crippen LogP contribution < -0.4 is 5.32 Å². The second kappa shape index (κ2) is 6.63. The Morgan fingerprint density at radius 1 is 1.63 bits per heavy atom. The highest BCUT2D eigenvalue weighted by Gasteiger charge is 2.22. The van der Waals surface area contributed by atoms with Gasteiger partial charge in [-0.2, -0.15) is 0 Å².